The van der Waals surface area contributed by atoms with Crippen molar-refractivity contribution in [3.05, 3.63) is 23.8 Å². The minimum atomic E-state index is 0.204. The molecule has 1 atom stereocenters. The Balaban J connectivity index is 1.31. The van der Waals surface area contributed by atoms with Crippen LogP contribution in [0.3, 0.4) is 0 Å². The topological polar surface area (TPSA) is 51.2 Å². The molecule has 2 saturated heterocycles. The van der Waals surface area contributed by atoms with Gasteiger partial charge in [-0.05, 0) is 36.5 Å². The van der Waals surface area contributed by atoms with Crippen LogP contribution in [-0.4, -0.2) is 61.9 Å². The molecule has 0 saturated carbocycles. The summed E-state index contributed by atoms with van der Waals surface area (Å²) in [7, 11) is 0. The number of piperazine rings is 1. The van der Waals surface area contributed by atoms with Crippen molar-refractivity contribution in [3.63, 3.8) is 0 Å². The molecule has 1 amide bonds. The van der Waals surface area contributed by atoms with Crippen LogP contribution in [0.2, 0.25) is 0 Å². The van der Waals surface area contributed by atoms with Gasteiger partial charge in [0, 0.05) is 32.8 Å². The lowest BCUT2D eigenvalue weighted by Crippen LogP contribution is -2.51. The Morgan fingerprint density at radius 1 is 1.17 bits per heavy atom. The van der Waals surface area contributed by atoms with E-state index in [-0.39, 0.29) is 12.7 Å². The van der Waals surface area contributed by atoms with Crippen LogP contribution in [0.15, 0.2) is 18.2 Å². The Hall–Kier alpha value is -1.79. The summed E-state index contributed by atoms with van der Waals surface area (Å²) in [6, 6.07) is 5.90. The van der Waals surface area contributed by atoms with E-state index in [1.807, 2.05) is 23.1 Å². The predicted octanol–water partition coefficient (Wildman–Crippen LogP) is 1.49. The van der Waals surface area contributed by atoms with Crippen molar-refractivity contribution >= 4 is 5.91 Å². The maximum atomic E-state index is 12.5. The molecule has 3 aliphatic rings. The van der Waals surface area contributed by atoms with E-state index in [9.17, 15) is 4.79 Å². The molecule has 130 valence electrons. The molecule has 1 aromatic rings. The molecular weight excluding hydrogens is 308 g/mol. The van der Waals surface area contributed by atoms with Crippen LogP contribution < -0.4 is 9.47 Å². The van der Waals surface area contributed by atoms with Gasteiger partial charge in [-0.25, -0.2) is 0 Å². The molecule has 4 rings (SSSR count). The fourth-order valence-electron chi connectivity index (χ4n) is 3.66. The Labute approximate surface area is 142 Å². The second kappa shape index (κ2) is 6.99. The van der Waals surface area contributed by atoms with E-state index >= 15 is 0 Å². The van der Waals surface area contributed by atoms with E-state index in [2.05, 4.69) is 4.90 Å². The van der Waals surface area contributed by atoms with Gasteiger partial charge in [-0.1, -0.05) is 6.07 Å². The summed E-state index contributed by atoms with van der Waals surface area (Å²) in [6.45, 7) is 5.85. The van der Waals surface area contributed by atoms with E-state index < -0.39 is 0 Å². The molecule has 2 fully saturated rings. The Morgan fingerprint density at radius 3 is 2.92 bits per heavy atom. The number of amides is 1. The van der Waals surface area contributed by atoms with Gasteiger partial charge in [0.2, 0.25) is 12.7 Å². The fraction of sp³-hybridized carbons (Fsp3) is 0.611. The number of fused-ring (bicyclic) bond motifs is 1. The fourth-order valence-corrected chi connectivity index (χ4v) is 3.66. The van der Waals surface area contributed by atoms with Gasteiger partial charge in [-0.3, -0.25) is 9.69 Å². The van der Waals surface area contributed by atoms with E-state index in [1.165, 1.54) is 6.42 Å². The first kappa shape index (κ1) is 15.7. The summed E-state index contributed by atoms with van der Waals surface area (Å²) >= 11 is 0. The number of rotatable bonds is 4. The maximum absolute atomic E-state index is 12.5. The first-order valence-electron chi connectivity index (χ1n) is 8.74. The number of nitrogens with zero attached hydrogens (tertiary/aromatic N) is 2. The molecule has 0 bridgehead atoms. The zero-order valence-electron chi connectivity index (χ0n) is 13.9. The van der Waals surface area contributed by atoms with Crippen molar-refractivity contribution in [2.45, 2.75) is 19.4 Å². The highest BCUT2D eigenvalue weighted by Gasteiger charge is 2.27. The van der Waals surface area contributed by atoms with E-state index in [0.29, 0.717) is 19.0 Å². The number of carbonyl (C=O) groups is 1. The minimum Gasteiger partial charge on any atom is -0.454 e. The van der Waals surface area contributed by atoms with Crippen LogP contribution in [0.1, 0.15) is 18.4 Å². The summed E-state index contributed by atoms with van der Waals surface area (Å²) < 4.78 is 16.3. The van der Waals surface area contributed by atoms with Crippen molar-refractivity contribution in [1.29, 1.82) is 0 Å². The number of hydrogen-bond donors (Lipinski definition) is 0. The Bertz CT molecular complexity index is 601. The molecule has 6 nitrogen and oxygen atoms in total. The van der Waals surface area contributed by atoms with Crippen LogP contribution in [0.25, 0.3) is 0 Å². The molecule has 0 spiro atoms. The summed E-state index contributed by atoms with van der Waals surface area (Å²) in [6.07, 6.45) is 2.36. The SMILES string of the molecule is O=C1CN(C[C@@H]2CCCOC2)CCN1Cc1ccc2c(c1)OCO2. The number of carbonyl (C=O) groups excluding carboxylic acids is 1. The van der Waals surface area contributed by atoms with Gasteiger partial charge in [0.15, 0.2) is 11.5 Å². The first-order valence-corrected chi connectivity index (χ1v) is 8.74. The number of hydrogen-bond acceptors (Lipinski definition) is 5. The number of benzene rings is 1. The molecule has 3 heterocycles. The van der Waals surface area contributed by atoms with Crippen molar-refractivity contribution < 1.29 is 19.0 Å². The molecule has 3 aliphatic heterocycles. The zero-order chi connectivity index (χ0) is 16.4. The van der Waals surface area contributed by atoms with E-state index in [4.69, 9.17) is 14.2 Å². The minimum absolute atomic E-state index is 0.204. The second-order valence-corrected chi connectivity index (χ2v) is 6.82. The van der Waals surface area contributed by atoms with Gasteiger partial charge in [0.05, 0.1) is 13.2 Å². The zero-order valence-corrected chi connectivity index (χ0v) is 13.9. The molecule has 0 unspecified atom stereocenters. The maximum Gasteiger partial charge on any atom is 0.237 e. The highest BCUT2D eigenvalue weighted by atomic mass is 16.7. The summed E-state index contributed by atoms with van der Waals surface area (Å²) in [5, 5.41) is 0. The average molecular weight is 332 g/mol. The largest absolute Gasteiger partial charge is 0.454 e. The second-order valence-electron chi connectivity index (χ2n) is 6.82. The van der Waals surface area contributed by atoms with Crippen LogP contribution in [-0.2, 0) is 16.1 Å². The quantitative estimate of drug-likeness (QED) is 0.836. The van der Waals surface area contributed by atoms with Gasteiger partial charge < -0.3 is 19.1 Å². The van der Waals surface area contributed by atoms with Crippen LogP contribution >= 0.6 is 0 Å². The van der Waals surface area contributed by atoms with Crippen molar-refractivity contribution in [3.8, 4) is 11.5 Å². The number of ether oxygens (including phenoxy) is 3. The van der Waals surface area contributed by atoms with Crippen molar-refractivity contribution in [1.82, 2.24) is 9.80 Å². The van der Waals surface area contributed by atoms with Crippen molar-refractivity contribution in [2.24, 2.45) is 5.92 Å². The van der Waals surface area contributed by atoms with Crippen LogP contribution in [0.4, 0.5) is 0 Å². The molecule has 0 aromatic heterocycles. The highest BCUT2D eigenvalue weighted by molar-refractivity contribution is 5.79. The summed E-state index contributed by atoms with van der Waals surface area (Å²) in [4.78, 5) is 16.7. The van der Waals surface area contributed by atoms with Crippen LogP contribution in [0, 0.1) is 5.92 Å². The van der Waals surface area contributed by atoms with Gasteiger partial charge in [-0.15, -0.1) is 0 Å². The third-order valence-corrected chi connectivity index (χ3v) is 4.98. The molecule has 24 heavy (non-hydrogen) atoms. The molecule has 0 aliphatic carbocycles. The van der Waals surface area contributed by atoms with Gasteiger partial charge in [-0.2, -0.15) is 0 Å². The monoisotopic (exact) mass is 332 g/mol. The summed E-state index contributed by atoms with van der Waals surface area (Å²) in [5.74, 6) is 2.34. The normalized spacial score (nSPS) is 24.4. The predicted molar refractivity (Wildman–Crippen MR) is 88.0 cm³/mol. The third-order valence-electron chi connectivity index (χ3n) is 4.98. The lowest BCUT2D eigenvalue weighted by Gasteiger charge is -2.36. The average Bonchev–Trinajstić information content (AvgIpc) is 3.06. The van der Waals surface area contributed by atoms with Gasteiger partial charge in [0.1, 0.15) is 0 Å². The van der Waals surface area contributed by atoms with Gasteiger partial charge in [0.25, 0.3) is 0 Å². The molecule has 0 N–H and O–H groups in total. The molecule has 0 radical (unpaired) electrons. The standard InChI is InChI=1S/C18H24N2O4/c21-18-11-19(9-15-2-1-7-22-12-15)5-6-20(18)10-14-3-4-16-17(8-14)24-13-23-16/h3-4,8,15H,1-2,5-7,9-13H2/t15-/m0/s1. The molecular formula is C18H24N2O4. The Morgan fingerprint density at radius 2 is 2.08 bits per heavy atom. The van der Waals surface area contributed by atoms with E-state index in [0.717, 1.165) is 56.3 Å². The Kier molecular flexibility index (Phi) is 4.58. The molecule has 6 heteroatoms. The van der Waals surface area contributed by atoms with E-state index in [1.54, 1.807) is 0 Å². The smallest absolute Gasteiger partial charge is 0.237 e. The molecule has 1 aromatic carbocycles. The lowest BCUT2D eigenvalue weighted by atomic mass is 10.0. The van der Waals surface area contributed by atoms with Crippen molar-refractivity contribution in [2.75, 3.05) is 46.2 Å². The summed E-state index contributed by atoms with van der Waals surface area (Å²) in [5.41, 5.74) is 1.08. The lowest BCUT2D eigenvalue weighted by molar-refractivity contribution is -0.137. The third kappa shape index (κ3) is 3.49. The highest BCUT2D eigenvalue weighted by Crippen LogP contribution is 2.32. The first-order chi connectivity index (χ1) is 11.8. The van der Waals surface area contributed by atoms with Gasteiger partial charge >= 0.3 is 0 Å². The van der Waals surface area contributed by atoms with Crippen LogP contribution in [0.5, 0.6) is 11.5 Å².